The number of anilines is 1. The molecule has 182 valence electrons. The first kappa shape index (κ1) is 24.9. The van der Waals surface area contributed by atoms with Crippen LogP contribution in [0.25, 0.3) is 11.1 Å². The molecule has 2 aromatic rings. The highest BCUT2D eigenvalue weighted by atomic mass is 16.3. The maximum atomic E-state index is 13.3. The van der Waals surface area contributed by atoms with E-state index in [2.05, 4.69) is 35.5 Å². The van der Waals surface area contributed by atoms with Crippen molar-refractivity contribution in [2.75, 3.05) is 24.5 Å². The van der Waals surface area contributed by atoms with Gasteiger partial charge in [-0.25, -0.2) is 0 Å². The smallest absolute Gasteiger partial charge is 0.213 e. The van der Waals surface area contributed by atoms with Crippen LogP contribution in [0.1, 0.15) is 62.6 Å². The van der Waals surface area contributed by atoms with Gasteiger partial charge in [-0.15, -0.1) is 0 Å². The van der Waals surface area contributed by atoms with E-state index < -0.39 is 0 Å². The maximum absolute atomic E-state index is 13.3. The number of aliphatic hydroxyl groups is 1. The molecule has 0 fully saturated rings. The Bertz CT molecular complexity index is 1350. The van der Waals surface area contributed by atoms with Gasteiger partial charge in [-0.1, -0.05) is 38.8 Å². The van der Waals surface area contributed by atoms with Crippen LogP contribution in [-0.4, -0.2) is 41.3 Å². The number of fused-ring (bicyclic) bond motifs is 1. The highest BCUT2D eigenvalue weighted by molar-refractivity contribution is 6.44. The fraction of sp³-hybridized carbons (Fsp3) is 0.333. The molecule has 1 aliphatic carbocycles. The third-order valence-corrected chi connectivity index (χ3v) is 6.76. The van der Waals surface area contributed by atoms with E-state index in [-0.39, 0.29) is 11.5 Å². The minimum absolute atomic E-state index is 0.00280. The largest absolute Gasteiger partial charge is 0.506 e. The van der Waals surface area contributed by atoms with E-state index in [9.17, 15) is 15.2 Å². The Kier molecular flexibility index (Phi) is 7.66. The molecule has 6 heteroatoms. The molecule has 0 saturated carbocycles. The minimum atomic E-state index is -0.190. The lowest BCUT2D eigenvalue weighted by atomic mass is 9.79. The number of ketones is 1. The normalized spacial score (nSPS) is 16.2. The standard InChI is InChI=1S/C30H30N4O2/c1-3-5-15-33(17-7-14-31)23-11-9-22(10-12-23)27-29(35)28(30(27)36)25-20-34(16-6-4-2)26-13-8-21(19-32)18-24(25)26/h8-13,18,20H,3-7,15-17H2,1-2H3/p+1. The van der Waals surface area contributed by atoms with Gasteiger partial charge in [0.05, 0.1) is 46.4 Å². The van der Waals surface area contributed by atoms with Gasteiger partial charge in [0.15, 0.2) is 6.21 Å². The van der Waals surface area contributed by atoms with E-state index in [0.717, 1.165) is 55.7 Å². The molecule has 2 aliphatic rings. The second-order valence-corrected chi connectivity index (χ2v) is 9.16. The van der Waals surface area contributed by atoms with Crippen LogP contribution in [0.3, 0.4) is 0 Å². The molecule has 36 heavy (non-hydrogen) atoms. The number of nitriles is 2. The monoisotopic (exact) mass is 479 g/mol. The van der Waals surface area contributed by atoms with E-state index in [1.807, 2.05) is 36.5 Å². The lowest BCUT2D eigenvalue weighted by Crippen LogP contribution is -2.25. The van der Waals surface area contributed by atoms with Gasteiger partial charge < -0.3 is 10.0 Å². The van der Waals surface area contributed by atoms with Gasteiger partial charge in [0, 0.05) is 31.3 Å². The number of carbonyl (C=O) groups excluding carboxylic acids is 1. The van der Waals surface area contributed by atoms with E-state index >= 15 is 0 Å². The van der Waals surface area contributed by atoms with Crippen molar-refractivity contribution in [1.29, 1.82) is 10.5 Å². The number of rotatable bonds is 10. The number of hydrogen-bond donors (Lipinski definition) is 1. The molecular formula is C30H31N4O2+. The van der Waals surface area contributed by atoms with Crippen molar-refractivity contribution < 1.29 is 14.5 Å². The number of hydrogen-bond acceptors (Lipinski definition) is 5. The Morgan fingerprint density at radius 3 is 2.36 bits per heavy atom. The van der Waals surface area contributed by atoms with Crippen LogP contribution in [0.2, 0.25) is 0 Å². The summed E-state index contributed by atoms with van der Waals surface area (Å²) in [5.41, 5.74) is 5.25. The van der Waals surface area contributed by atoms with Crippen molar-refractivity contribution in [1.82, 2.24) is 0 Å². The van der Waals surface area contributed by atoms with Gasteiger partial charge in [-0.2, -0.15) is 15.1 Å². The zero-order valence-corrected chi connectivity index (χ0v) is 20.9. The molecule has 0 radical (unpaired) electrons. The van der Waals surface area contributed by atoms with Crippen molar-refractivity contribution in [3.63, 3.8) is 0 Å². The Hall–Kier alpha value is -4.16. The third kappa shape index (κ3) is 4.68. The average Bonchev–Trinajstić information content (AvgIpc) is 3.25. The summed E-state index contributed by atoms with van der Waals surface area (Å²) in [6.07, 6.45) is 6.52. The Labute approximate surface area is 212 Å². The van der Waals surface area contributed by atoms with E-state index in [1.165, 1.54) is 0 Å². The average molecular weight is 480 g/mol. The van der Waals surface area contributed by atoms with Gasteiger partial charge in [0.2, 0.25) is 11.5 Å². The van der Waals surface area contributed by atoms with Crippen LogP contribution in [0, 0.1) is 22.7 Å². The molecule has 0 aromatic heterocycles. The zero-order valence-electron chi connectivity index (χ0n) is 20.9. The van der Waals surface area contributed by atoms with Crippen molar-refractivity contribution in [3.8, 4) is 12.1 Å². The topological polar surface area (TPSA) is 91.1 Å². The molecule has 2 aromatic carbocycles. The lowest BCUT2D eigenvalue weighted by molar-refractivity contribution is -0.432. The van der Waals surface area contributed by atoms with Crippen LogP contribution in [0.5, 0.6) is 0 Å². The van der Waals surface area contributed by atoms with Gasteiger partial charge >= 0.3 is 0 Å². The van der Waals surface area contributed by atoms with E-state index in [0.29, 0.717) is 40.8 Å². The fourth-order valence-corrected chi connectivity index (χ4v) is 4.74. The number of allylic oxidation sites excluding steroid dienone is 3. The second-order valence-electron chi connectivity index (χ2n) is 9.16. The molecule has 6 nitrogen and oxygen atoms in total. The predicted molar refractivity (Wildman–Crippen MR) is 142 cm³/mol. The van der Waals surface area contributed by atoms with Crippen LogP contribution in [-0.2, 0) is 4.79 Å². The van der Waals surface area contributed by atoms with Crippen molar-refractivity contribution in [2.45, 2.75) is 46.0 Å². The molecule has 0 amide bonds. The lowest BCUT2D eigenvalue weighted by Gasteiger charge is -2.25. The molecular weight excluding hydrogens is 448 g/mol. The highest BCUT2D eigenvalue weighted by Gasteiger charge is 2.41. The van der Waals surface area contributed by atoms with Gasteiger partial charge in [-0.05, 0) is 36.2 Å². The number of unbranched alkanes of at least 4 members (excludes halogenated alkanes) is 2. The molecule has 1 N–H and O–H groups in total. The Morgan fingerprint density at radius 2 is 1.72 bits per heavy atom. The second kappa shape index (κ2) is 11.1. The van der Waals surface area contributed by atoms with Crippen molar-refractivity contribution in [2.24, 2.45) is 0 Å². The van der Waals surface area contributed by atoms with Crippen LogP contribution >= 0.6 is 0 Å². The minimum Gasteiger partial charge on any atom is -0.506 e. The molecule has 0 saturated heterocycles. The molecule has 0 bridgehead atoms. The first-order valence-corrected chi connectivity index (χ1v) is 12.6. The summed E-state index contributed by atoms with van der Waals surface area (Å²) < 4.78 is 2.10. The summed E-state index contributed by atoms with van der Waals surface area (Å²) in [6.45, 7) is 6.60. The number of Topliss-reactive ketones (excluding diaryl/α,β-unsaturated/α-hetero) is 1. The highest BCUT2D eigenvalue weighted by Crippen LogP contribution is 2.43. The fourth-order valence-electron chi connectivity index (χ4n) is 4.74. The number of benzene rings is 2. The van der Waals surface area contributed by atoms with Crippen LogP contribution < -0.4 is 4.90 Å². The third-order valence-electron chi connectivity index (χ3n) is 6.76. The zero-order chi connectivity index (χ0) is 25.7. The van der Waals surface area contributed by atoms with E-state index in [1.54, 1.807) is 12.1 Å². The quantitative estimate of drug-likeness (QED) is 0.338. The molecule has 1 heterocycles. The number of nitrogens with zero attached hydrogens (tertiary/aromatic N) is 4. The number of carbonyl (C=O) groups is 1. The Balaban J connectivity index is 1.68. The molecule has 0 atom stereocenters. The van der Waals surface area contributed by atoms with Crippen molar-refractivity contribution in [3.05, 3.63) is 70.5 Å². The van der Waals surface area contributed by atoms with Gasteiger partial charge in [-0.3, -0.25) is 4.79 Å². The summed E-state index contributed by atoms with van der Waals surface area (Å²) in [7, 11) is 0. The van der Waals surface area contributed by atoms with Crippen LogP contribution in [0.15, 0.2) is 53.8 Å². The Morgan fingerprint density at radius 1 is 0.972 bits per heavy atom. The SMILES string of the molecule is CCCCN(CCC#N)c1ccc(C2=C(O)C(=C3C=[N+](CCCC)c4ccc(C#N)cc43)C2=O)cc1. The van der Waals surface area contributed by atoms with E-state index in [4.69, 9.17) is 5.26 Å². The predicted octanol–water partition coefficient (Wildman–Crippen LogP) is 5.91. The molecule has 0 spiro atoms. The van der Waals surface area contributed by atoms with Crippen molar-refractivity contribution >= 4 is 34.5 Å². The summed E-state index contributed by atoms with van der Waals surface area (Å²) in [4.78, 5) is 15.5. The maximum Gasteiger partial charge on any atom is 0.213 e. The summed E-state index contributed by atoms with van der Waals surface area (Å²) >= 11 is 0. The number of aliphatic hydroxyl groups excluding tert-OH is 1. The van der Waals surface area contributed by atoms with Crippen LogP contribution in [0.4, 0.5) is 11.4 Å². The molecule has 0 unspecified atom stereocenters. The van der Waals surface area contributed by atoms with Gasteiger partial charge in [0.25, 0.3) is 0 Å². The summed E-state index contributed by atoms with van der Waals surface area (Å²) in [5.74, 6) is -0.193. The summed E-state index contributed by atoms with van der Waals surface area (Å²) in [6, 6.07) is 17.5. The van der Waals surface area contributed by atoms with Gasteiger partial charge in [0.1, 0.15) is 12.3 Å². The summed E-state index contributed by atoms with van der Waals surface area (Å²) in [5, 5.41) is 29.4. The molecule has 4 rings (SSSR count). The first-order chi connectivity index (χ1) is 17.5. The molecule has 1 aliphatic heterocycles. The first-order valence-electron chi connectivity index (χ1n) is 12.6.